The predicted molar refractivity (Wildman–Crippen MR) is 115 cm³/mol. The number of amides is 1. The van der Waals surface area contributed by atoms with Crippen molar-refractivity contribution in [3.05, 3.63) is 66.4 Å². The van der Waals surface area contributed by atoms with Crippen molar-refractivity contribution in [2.45, 2.75) is 26.3 Å². The molecule has 5 heterocycles. The molecule has 0 radical (unpaired) electrons. The first-order valence-electron chi connectivity index (χ1n) is 10.1. The Labute approximate surface area is 177 Å². The largest absolute Gasteiger partial charge is 0.463 e. The van der Waals surface area contributed by atoms with Crippen LogP contribution >= 0.6 is 0 Å². The molecule has 0 aromatic carbocycles. The lowest BCUT2D eigenvalue weighted by molar-refractivity contribution is 0.0955. The van der Waals surface area contributed by atoms with E-state index in [0.29, 0.717) is 41.0 Å². The van der Waals surface area contributed by atoms with Crippen LogP contribution in [0.1, 0.15) is 36.1 Å². The molecule has 0 aliphatic carbocycles. The van der Waals surface area contributed by atoms with Gasteiger partial charge in [0.15, 0.2) is 17.1 Å². The molecule has 0 aliphatic rings. The van der Waals surface area contributed by atoms with Crippen LogP contribution < -0.4 is 5.32 Å². The number of carbonyl (C=O) groups is 1. The van der Waals surface area contributed by atoms with E-state index in [1.54, 1.807) is 29.3 Å². The minimum Gasteiger partial charge on any atom is -0.463 e. The Morgan fingerprint density at radius 1 is 1.19 bits per heavy atom. The molecule has 9 heteroatoms. The van der Waals surface area contributed by atoms with Crippen LogP contribution in [0.4, 0.5) is 0 Å². The molecule has 1 amide bonds. The molecular formula is C22H21N7O2. The molecule has 0 aliphatic heterocycles. The number of nitrogens with one attached hydrogen (secondary N) is 1. The molecule has 0 unspecified atom stereocenters. The van der Waals surface area contributed by atoms with Gasteiger partial charge in [-0.25, -0.2) is 9.67 Å². The Morgan fingerprint density at radius 2 is 2.10 bits per heavy atom. The van der Waals surface area contributed by atoms with Gasteiger partial charge >= 0.3 is 0 Å². The van der Waals surface area contributed by atoms with Gasteiger partial charge in [0.1, 0.15) is 11.5 Å². The van der Waals surface area contributed by atoms with Crippen LogP contribution in [0.3, 0.4) is 0 Å². The summed E-state index contributed by atoms with van der Waals surface area (Å²) in [5, 5.41) is 16.5. The Bertz CT molecular complexity index is 1370. The minimum atomic E-state index is -0.197. The molecule has 0 saturated heterocycles. The zero-order chi connectivity index (χ0) is 21.4. The first-order chi connectivity index (χ1) is 15.1. The van der Waals surface area contributed by atoms with E-state index in [4.69, 9.17) is 9.40 Å². The van der Waals surface area contributed by atoms with Crippen LogP contribution in [0, 0.1) is 0 Å². The lowest BCUT2D eigenvalue weighted by atomic mass is 10.1. The molecular weight excluding hydrogens is 394 g/mol. The molecule has 0 bridgehead atoms. The lowest BCUT2D eigenvalue weighted by Crippen LogP contribution is -2.26. The molecule has 31 heavy (non-hydrogen) atoms. The second-order valence-corrected chi connectivity index (χ2v) is 7.50. The number of carbonyl (C=O) groups excluding carboxylic acids is 1. The molecule has 0 fully saturated rings. The van der Waals surface area contributed by atoms with E-state index in [0.717, 1.165) is 11.5 Å². The summed E-state index contributed by atoms with van der Waals surface area (Å²) < 4.78 is 9.23. The van der Waals surface area contributed by atoms with Crippen molar-refractivity contribution < 1.29 is 9.21 Å². The van der Waals surface area contributed by atoms with Crippen molar-refractivity contribution in [3.63, 3.8) is 0 Å². The van der Waals surface area contributed by atoms with E-state index < -0.39 is 0 Å². The predicted octanol–water partition coefficient (Wildman–Crippen LogP) is 3.29. The van der Waals surface area contributed by atoms with Crippen LogP contribution in [0.5, 0.6) is 0 Å². The van der Waals surface area contributed by atoms with Crippen molar-refractivity contribution in [1.82, 2.24) is 34.7 Å². The monoisotopic (exact) mass is 415 g/mol. The fourth-order valence-electron chi connectivity index (χ4n) is 3.58. The first-order valence-corrected chi connectivity index (χ1v) is 10.1. The van der Waals surface area contributed by atoms with Crippen molar-refractivity contribution >= 4 is 22.6 Å². The topological polar surface area (TPSA) is 103 Å². The Morgan fingerprint density at radius 3 is 2.90 bits per heavy atom. The molecule has 5 aromatic heterocycles. The standard InChI is InChI=1S/C22H21N7O2/c1-14(2)29-21-16(13-24-29)15(12-17(25-21)18-6-5-11-31-18)22(30)23-9-8-20-27-26-19-7-3-4-10-28(19)20/h3-7,10-14H,8-9H2,1-2H3,(H,23,30). The highest BCUT2D eigenvalue weighted by atomic mass is 16.3. The maximum absolute atomic E-state index is 13.1. The van der Waals surface area contributed by atoms with Crippen molar-refractivity contribution in [2.24, 2.45) is 0 Å². The highest BCUT2D eigenvalue weighted by molar-refractivity contribution is 6.06. The van der Waals surface area contributed by atoms with Crippen LogP contribution in [-0.2, 0) is 6.42 Å². The fraction of sp³-hybridized carbons (Fsp3) is 0.227. The van der Waals surface area contributed by atoms with E-state index in [2.05, 4.69) is 20.6 Å². The summed E-state index contributed by atoms with van der Waals surface area (Å²) in [6, 6.07) is 11.2. The number of fused-ring (bicyclic) bond motifs is 2. The molecule has 0 spiro atoms. The zero-order valence-corrected chi connectivity index (χ0v) is 17.2. The third-order valence-electron chi connectivity index (χ3n) is 5.09. The number of aromatic nitrogens is 6. The molecule has 0 atom stereocenters. The van der Waals surface area contributed by atoms with Crippen LogP contribution in [-0.4, -0.2) is 41.8 Å². The third-order valence-corrected chi connectivity index (χ3v) is 5.09. The highest BCUT2D eigenvalue weighted by Crippen LogP contribution is 2.26. The zero-order valence-electron chi connectivity index (χ0n) is 17.2. The smallest absolute Gasteiger partial charge is 0.252 e. The van der Waals surface area contributed by atoms with Gasteiger partial charge in [-0.3, -0.25) is 9.20 Å². The van der Waals surface area contributed by atoms with E-state index in [1.165, 1.54) is 0 Å². The first kappa shape index (κ1) is 19.0. The number of hydrogen-bond donors (Lipinski definition) is 1. The summed E-state index contributed by atoms with van der Waals surface area (Å²) in [7, 11) is 0. The van der Waals surface area contributed by atoms with Gasteiger partial charge in [-0.15, -0.1) is 10.2 Å². The molecule has 5 aromatic rings. The number of furan rings is 1. The number of hydrogen-bond acceptors (Lipinski definition) is 6. The Hall–Kier alpha value is -4.01. The fourth-order valence-corrected chi connectivity index (χ4v) is 3.58. The van der Waals surface area contributed by atoms with Crippen LogP contribution in [0.2, 0.25) is 0 Å². The van der Waals surface area contributed by atoms with Crippen molar-refractivity contribution in [1.29, 1.82) is 0 Å². The molecule has 0 saturated carbocycles. The van der Waals surface area contributed by atoms with Crippen LogP contribution in [0.15, 0.2) is 59.5 Å². The molecule has 5 rings (SSSR count). The van der Waals surface area contributed by atoms with Gasteiger partial charge in [0.2, 0.25) is 0 Å². The van der Waals surface area contributed by atoms with E-state index >= 15 is 0 Å². The van der Waals surface area contributed by atoms with Gasteiger partial charge in [0, 0.05) is 25.2 Å². The minimum absolute atomic E-state index is 0.106. The maximum atomic E-state index is 13.1. The number of rotatable bonds is 6. The molecule has 156 valence electrons. The van der Waals surface area contributed by atoms with Gasteiger partial charge in [-0.1, -0.05) is 6.07 Å². The average molecular weight is 415 g/mol. The maximum Gasteiger partial charge on any atom is 0.252 e. The van der Waals surface area contributed by atoms with Gasteiger partial charge in [0.05, 0.1) is 23.4 Å². The van der Waals surface area contributed by atoms with E-state index in [9.17, 15) is 4.79 Å². The Kier molecular flexibility index (Phi) is 4.70. The number of nitrogens with zero attached hydrogens (tertiary/aromatic N) is 6. The summed E-state index contributed by atoms with van der Waals surface area (Å²) in [6.07, 6.45) is 5.75. The van der Waals surface area contributed by atoms with E-state index in [-0.39, 0.29) is 11.9 Å². The lowest BCUT2D eigenvalue weighted by Gasteiger charge is -2.10. The second kappa shape index (κ2) is 7.67. The normalized spacial score (nSPS) is 11.6. The van der Waals surface area contributed by atoms with Crippen molar-refractivity contribution in [3.8, 4) is 11.5 Å². The van der Waals surface area contributed by atoms with Gasteiger partial charge in [-0.05, 0) is 44.2 Å². The summed E-state index contributed by atoms with van der Waals surface area (Å²) in [6.45, 7) is 4.47. The quantitative estimate of drug-likeness (QED) is 0.456. The molecule has 1 N–H and O–H groups in total. The third kappa shape index (κ3) is 3.43. The van der Waals surface area contributed by atoms with Crippen LogP contribution in [0.25, 0.3) is 28.1 Å². The summed E-state index contributed by atoms with van der Waals surface area (Å²) in [5.74, 6) is 1.19. The molecule has 9 nitrogen and oxygen atoms in total. The van der Waals surface area contributed by atoms with Crippen molar-refractivity contribution in [2.75, 3.05) is 6.54 Å². The highest BCUT2D eigenvalue weighted by Gasteiger charge is 2.19. The average Bonchev–Trinajstić information content (AvgIpc) is 3.52. The van der Waals surface area contributed by atoms with Gasteiger partial charge in [-0.2, -0.15) is 5.10 Å². The summed E-state index contributed by atoms with van der Waals surface area (Å²) >= 11 is 0. The number of pyridine rings is 2. The van der Waals surface area contributed by atoms with Gasteiger partial charge in [0.25, 0.3) is 5.91 Å². The second-order valence-electron chi connectivity index (χ2n) is 7.50. The summed E-state index contributed by atoms with van der Waals surface area (Å²) in [5.41, 5.74) is 2.53. The SMILES string of the molecule is CC(C)n1ncc2c(C(=O)NCCc3nnc4ccccn34)cc(-c3ccco3)nc21. The Balaban J connectivity index is 1.43. The van der Waals surface area contributed by atoms with E-state index in [1.807, 2.05) is 48.7 Å². The van der Waals surface area contributed by atoms with Gasteiger partial charge < -0.3 is 9.73 Å². The summed E-state index contributed by atoms with van der Waals surface area (Å²) in [4.78, 5) is 17.8.